The first kappa shape index (κ1) is 17.8. The predicted octanol–water partition coefficient (Wildman–Crippen LogP) is 3.45. The summed E-state index contributed by atoms with van der Waals surface area (Å²) in [4.78, 5) is 15.0. The molecule has 0 radical (unpaired) electrons. The molecule has 1 N–H and O–H groups in total. The molecule has 1 aromatic heterocycles. The van der Waals surface area contributed by atoms with E-state index in [9.17, 15) is 4.79 Å². The molecule has 148 valence electrons. The van der Waals surface area contributed by atoms with Gasteiger partial charge < -0.3 is 10.2 Å². The van der Waals surface area contributed by atoms with Gasteiger partial charge in [-0.05, 0) is 66.8 Å². The maximum Gasteiger partial charge on any atom is 0.246 e. The Labute approximate surface area is 169 Å². The minimum absolute atomic E-state index is 0.0814. The van der Waals surface area contributed by atoms with Crippen molar-refractivity contribution in [1.29, 1.82) is 0 Å². The van der Waals surface area contributed by atoms with Gasteiger partial charge in [0.25, 0.3) is 0 Å². The van der Waals surface area contributed by atoms with E-state index in [0.717, 1.165) is 48.4 Å². The van der Waals surface area contributed by atoms with Gasteiger partial charge in [-0.15, -0.1) is 5.10 Å². The SMILES string of the molecule is CC1CCc2ccccc2N1C(=O)CNc1cccc(-c2nnnn2C2CC2)c1. The smallest absolute Gasteiger partial charge is 0.246 e. The second-order valence-electron chi connectivity index (χ2n) is 7.89. The molecule has 1 aliphatic heterocycles. The zero-order valence-corrected chi connectivity index (χ0v) is 16.5. The second kappa shape index (κ2) is 7.31. The number of tetrazole rings is 1. The summed E-state index contributed by atoms with van der Waals surface area (Å²) < 4.78 is 1.90. The third-order valence-corrected chi connectivity index (χ3v) is 5.74. The summed E-state index contributed by atoms with van der Waals surface area (Å²) in [6, 6.07) is 16.7. The molecule has 1 unspecified atom stereocenters. The number of amides is 1. The molecule has 7 nitrogen and oxygen atoms in total. The molecule has 1 amide bonds. The van der Waals surface area contributed by atoms with Crippen LogP contribution in [0.1, 0.15) is 37.8 Å². The minimum atomic E-state index is 0.0814. The van der Waals surface area contributed by atoms with Gasteiger partial charge in [0.05, 0.1) is 12.6 Å². The first-order valence-corrected chi connectivity index (χ1v) is 10.2. The summed E-state index contributed by atoms with van der Waals surface area (Å²) in [6.07, 6.45) is 4.26. The molecule has 2 aromatic carbocycles. The molecule has 1 atom stereocenters. The second-order valence-corrected chi connectivity index (χ2v) is 7.89. The number of aryl methyl sites for hydroxylation is 1. The van der Waals surface area contributed by atoms with Crippen molar-refractivity contribution in [1.82, 2.24) is 20.2 Å². The standard InChI is InChI=1S/C22H24N6O/c1-15-9-10-16-5-2-3-8-20(16)27(15)21(29)14-23-18-7-4-6-17(13-18)22-24-25-26-28(22)19-11-12-19/h2-8,13,15,19,23H,9-12,14H2,1H3. The number of benzene rings is 2. The van der Waals surface area contributed by atoms with Crippen molar-refractivity contribution in [3.05, 3.63) is 54.1 Å². The zero-order chi connectivity index (χ0) is 19.8. The molecule has 0 saturated heterocycles. The van der Waals surface area contributed by atoms with Crippen LogP contribution in [0.5, 0.6) is 0 Å². The van der Waals surface area contributed by atoms with E-state index in [0.29, 0.717) is 6.04 Å². The number of aromatic nitrogens is 4. The topological polar surface area (TPSA) is 75.9 Å². The highest BCUT2D eigenvalue weighted by Gasteiger charge is 2.29. The Hall–Kier alpha value is -3.22. The fourth-order valence-electron chi connectivity index (χ4n) is 4.05. The summed E-state index contributed by atoms with van der Waals surface area (Å²) in [7, 11) is 0. The number of nitrogens with one attached hydrogen (secondary N) is 1. The van der Waals surface area contributed by atoms with E-state index < -0.39 is 0 Å². The first-order valence-electron chi connectivity index (χ1n) is 10.2. The van der Waals surface area contributed by atoms with Crippen LogP contribution in [-0.4, -0.2) is 38.7 Å². The van der Waals surface area contributed by atoms with Crippen LogP contribution in [0.4, 0.5) is 11.4 Å². The summed E-state index contributed by atoms with van der Waals surface area (Å²) in [5.74, 6) is 0.860. The molecule has 1 aliphatic carbocycles. The highest BCUT2D eigenvalue weighted by Crippen LogP contribution is 2.37. The molecule has 1 saturated carbocycles. The largest absolute Gasteiger partial charge is 0.376 e. The minimum Gasteiger partial charge on any atom is -0.376 e. The molecule has 7 heteroatoms. The number of fused-ring (bicyclic) bond motifs is 1. The number of rotatable bonds is 5. The Morgan fingerprint density at radius 2 is 2.00 bits per heavy atom. The number of carbonyl (C=O) groups is 1. The molecule has 3 aromatic rings. The van der Waals surface area contributed by atoms with Gasteiger partial charge in [0.15, 0.2) is 5.82 Å². The van der Waals surface area contributed by atoms with Crippen LogP contribution < -0.4 is 10.2 Å². The van der Waals surface area contributed by atoms with E-state index in [4.69, 9.17) is 0 Å². The lowest BCUT2D eigenvalue weighted by Crippen LogP contribution is -2.44. The number of anilines is 2. The van der Waals surface area contributed by atoms with Gasteiger partial charge in [-0.1, -0.05) is 30.3 Å². The molecule has 0 bridgehead atoms. The van der Waals surface area contributed by atoms with E-state index in [1.54, 1.807) is 0 Å². The molecule has 2 aliphatic rings. The van der Waals surface area contributed by atoms with E-state index in [-0.39, 0.29) is 18.5 Å². The quantitative estimate of drug-likeness (QED) is 0.724. The third kappa shape index (κ3) is 3.48. The predicted molar refractivity (Wildman–Crippen MR) is 112 cm³/mol. The van der Waals surface area contributed by atoms with Gasteiger partial charge in [-0.2, -0.15) is 0 Å². The first-order chi connectivity index (χ1) is 14.2. The fraction of sp³-hybridized carbons (Fsp3) is 0.364. The van der Waals surface area contributed by atoms with Crippen LogP contribution in [0.25, 0.3) is 11.4 Å². The zero-order valence-electron chi connectivity index (χ0n) is 16.5. The van der Waals surface area contributed by atoms with Crippen molar-refractivity contribution in [2.24, 2.45) is 0 Å². The van der Waals surface area contributed by atoms with Gasteiger partial charge in [-0.25, -0.2) is 4.68 Å². The van der Waals surface area contributed by atoms with Crippen LogP contribution in [-0.2, 0) is 11.2 Å². The number of nitrogens with zero attached hydrogens (tertiary/aromatic N) is 5. The van der Waals surface area contributed by atoms with E-state index in [1.807, 2.05) is 52.0 Å². The lowest BCUT2D eigenvalue weighted by atomic mass is 9.96. The van der Waals surface area contributed by atoms with Crippen LogP contribution in [0.2, 0.25) is 0 Å². The molecular weight excluding hydrogens is 364 g/mol. The Balaban J connectivity index is 1.32. The Morgan fingerprint density at radius 1 is 1.14 bits per heavy atom. The number of carbonyl (C=O) groups excluding carboxylic acids is 1. The average molecular weight is 388 g/mol. The molecule has 29 heavy (non-hydrogen) atoms. The summed E-state index contributed by atoms with van der Waals surface area (Å²) >= 11 is 0. The van der Waals surface area contributed by atoms with Gasteiger partial charge in [0, 0.05) is 23.0 Å². The maximum atomic E-state index is 13.0. The highest BCUT2D eigenvalue weighted by atomic mass is 16.2. The van der Waals surface area contributed by atoms with Gasteiger partial charge in [-0.3, -0.25) is 4.79 Å². The maximum absolute atomic E-state index is 13.0. The lowest BCUT2D eigenvalue weighted by molar-refractivity contribution is -0.117. The van der Waals surface area contributed by atoms with Gasteiger partial charge in [0.2, 0.25) is 5.91 Å². The van der Waals surface area contributed by atoms with Crippen molar-refractivity contribution < 1.29 is 4.79 Å². The Bertz CT molecular complexity index is 1040. The van der Waals surface area contributed by atoms with Crippen molar-refractivity contribution in [2.75, 3.05) is 16.8 Å². The average Bonchev–Trinajstić information content (AvgIpc) is 3.48. The third-order valence-electron chi connectivity index (χ3n) is 5.74. The van der Waals surface area contributed by atoms with Gasteiger partial charge in [0.1, 0.15) is 0 Å². The van der Waals surface area contributed by atoms with Crippen LogP contribution in [0.3, 0.4) is 0 Å². The number of hydrogen-bond donors (Lipinski definition) is 1. The monoisotopic (exact) mass is 388 g/mol. The lowest BCUT2D eigenvalue weighted by Gasteiger charge is -2.35. The van der Waals surface area contributed by atoms with Crippen LogP contribution in [0.15, 0.2) is 48.5 Å². The number of hydrogen-bond acceptors (Lipinski definition) is 5. The van der Waals surface area contributed by atoms with Crippen molar-refractivity contribution in [2.45, 2.75) is 44.7 Å². The Morgan fingerprint density at radius 3 is 2.86 bits per heavy atom. The van der Waals surface area contributed by atoms with Gasteiger partial charge >= 0.3 is 0 Å². The van der Waals surface area contributed by atoms with Crippen molar-refractivity contribution in [3.63, 3.8) is 0 Å². The fourth-order valence-corrected chi connectivity index (χ4v) is 4.05. The van der Waals surface area contributed by atoms with E-state index in [1.165, 1.54) is 5.56 Å². The van der Waals surface area contributed by atoms with Crippen LogP contribution >= 0.6 is 0 Å². The van der Waals surface area contributed by atoms with E-state index in [2.05, 4.69) is 33.8 Å². The summed E-state index contributed by atoms with van der Waals surface area (Å²) in [6.45, 7) is 2.36. The number of para-hydroxylation sites is 1. The highest BCUT2D eigenvalue weighted by molar-refractivity contribution is 5.97. The normalized spacial score (nSPS) is 18.4. The summed E-state index contributed by atoms with van der Waals surface area (Å²) in [5.41, 5.74) is 4.12. The molecular formula is C22H24N6O. The van der Waals surface area contributed by atoms with Crippen molar-refractivity contribution >= 4 is 17.3 Å². The molecule has 2 heterocycles. The molecule has 0 spiro atoms. The summed E-state index contributed by atoms with van der Waals surface area (Å²) in [5, 5.41) is 15.4. The Kier molecular flexibility index (Phi) is 4.50. The van der Waals surface area contributed by atoms with Crippen molar-refractivity contribution in [3.8, 4) is 11.4 Å². The van der Waals surface area contributed by atoms with Crippen LogP contribution in [0, 0.1) is 0 Å². The molecule has 1 fully saturated rings. The molecule has 5 rings (SSSR count). The van der Waals surface area contributed by atoms with E-state index >= 15 is 0 Å².